The van der Waals surface area contributed by atoms with Crippen molar-refractivity contribution in [1.29, 1.82) is 0 Å². The molecule has 1 aliphatic carbocycles. The molecule has 0 bridgehead atoms. The highest BCUT2D eigenvalue weighted by Gasteiger charge is 2.51. The summed E-state index contributed by atoms with van der Waals surface area (Å²) >= 11 is 0. The molecule has 2 aliphatic heterocycles. The molecular weight excluding hydrogens is 326 g/mol. The Morgan fingerprint density at radius 3 is 2.72 bits per heavy atom. The number of halogens is 2. The number of piperidine rings is 1. The zero-order valence-corrected chi connectivity index (χ0v) is 14.3. The summed E-state index contributed by atoms with van der Waals surface area (Å²) < 4.78 is 27.0. The quantitative estimate of drug-likeness (QED) is 0.904. The second-order valence-corrected chi connectivity index (χ2v) is 7.95. The van der Waals surface area contributed by atoms with Gasteiger partial charge in [-0.2, -0.15) is 0 Å². The number of hydrogen-bond acceptors (Lipinski definition) is 3. The zero-order valence-electron chi connectivity index (χ0n) is 14.3. The Labute approximate surface area is 146 Å². The molecule has 1 saturated carbocycles. The van der Waals surface area contributed by atoms with Crippen molar-refractivity contribution in [2.45, 2.75) is 25.8 Å². The first-order chi connectivity index (χ1) is 12.0. The highest BCUT2D eigenvalue weighted by Crippen LogP contribution is 2.44. The molecule has 1 N–H and O–H groups in total. The molecule has 136 valence electrons. The van der Waals surface area contributed by atoms with Gasteiger partial charge in [-0.3, -0.25) is 9.69 Å². The van der Waals surface area contributed by atoms with Crippen molar-refractivity contribution < 1.29 is 18.7 Å². The molecule has 1 aromatic rings. The van der Waals surface area contributed by atoms with E-state index in [2.05, 4.69) is 4.90 Å². The van der Waals surface area contributed by atoms with Crippen LogP contribution in [0.2, 0.25) is 0 Å². The van der Waals surface area contributed by atoms with E-state index in [1.54, 1.807) is 0 Å². The first kappa shape index (κ1) is 16.9. The van der Waals surface area contributed by atoms with Gasteiger partial charge in [-0.05, 0) is 37.8 Å². The molecule has 4 rings (SSSR count). The van der Waals surface area contributed by atoms with Gasteiger partial charge >= 0.3 is 0 Å². The van der Waals surface area contributed by atoms with Crippen LogP contribution in [0.3, 0.4) is 0 Å². The zero-order chi connectivity index (χ0) is 17.6. The third kappa shape index (κ3) is 3.17. The van der Waals surface area contributed by atoms with Crippen molar-refractivity contribution in [2.75, 3.05) is 32.8 Å². The smallest absolute Gasteiger partial charge is 0.225 e. The molecule has 25 heavy (non-hydrogen) atoms. The normalized spacial score (nSPS) is 29.7. The third-order valence-electron chi connectivity index (χ3n) is 6.11. The Bertz CT molecular complexity index is 679. The average Bonchev–Trinajstić information content (AvgIpc) is 3.37. The van der Waals surface area contributed by atoms with Crippen molar-refractivity contribution in [2.24, 2.45) is 17.3 Å². The van der Waals surface area contributed by atoms with Crippen LogP contribution in [0.15, 0.2) is 18.2 Å². The molecule has 2 atom stereocenters. The van der Waals surface area contributed by atoms with Crippen LogP contribution in [-0.4, -0.2) is 53.6 Å². The molecule has 0 unspecified atom stereocenters. The Balaban J connectivity index is 1.47. The van der Waals surface area contributed by atoms with Gasteiger partial charge in [0.05, 0.1) is 6.61 Å². The van der Waals surface area contributed by atoms with Crippen molar-refractivity contribution in [3.05, 3.63) is 35.4 Å². The second kappa shape index (κ2) is 6.32. The van der Waals surface area contributed by atoms with Crippen LogP contribution in [0.5, 0.6) is 0 Å². The van der Waals surface area contributed by atoms with E-state index in [0.717, 1.165) is 38.4 Å². The van der Waals surface area contributed by atoms with Crippen LogP contribution < -0.4 is 0 Å². The van der Waals surface area contributed by atoms with E-state index >= 15 is 0 Å². The van der Waals surface area contributed by atoms with Crippen LogP contribution >= 0.6 is 0 Å². The van der Waals surface area contributed by atoms with Crippen molar-refractivity contribution in [3.63, 3.8) is 0 Å². The standard InChI is InChI=1S/C19H24F2N2O2/c20-16-4-3-14(17(21)7-16)8-22-6-5-15-9-23(18(25)13-1-2-13)11-19(15,10-22)12-24/h3-4,7,13,15,24H,1-2,5-6,8-12H2/t15-,19+/m0/s1. The predicted molar refractivity (Wildman–Crippen MR) is 88.6 cm³/mol. The maximum Gasteiger partial charge on any atom is 0.225 e. The summed E-state index contributed by atoms with van der Waals surface area (Å²) in [5.74, 6) is -0.373. The number of likely N-dealkylation sites (tertiary alicyclic amines) is 2. The summed E-state index contributed by atoms with van der Waals surface area (Å²) in [6, 6.07) is 3.67. The summed E-state index contributed by atoms with van der Waals surface area (Å²) in [5, 5.41) is 10.1. The van der Waals surface area contributed by atoms with Gasteiger partial charge in [0.1, 0.15) is 11.6 Å². The van der Waals surface area contributed by atoms with Gasteiger partial charge in [-0.1, -0.05) is 6.07 Å². The number of benzene rings is 1. The highest BCUT2D eigenvalue weighted by molar-refractivity contribution is 5.81. The van der Waals surface area contributed by atoms with Crippen molar-refractivity contribution in [3.8, 4) is 0 Å². The van der Waals surface area contributed by atoms with E-state index in [9.17, 15) is 18.7 Å². The molecule has 0 radical (unpaired) electrons. The number of carbonyl (C=O) groups excluding carboxylic acids is 1. The highest BCUT2D eigenvalue weighted by atomic mass is 19.1. The van der Waals surface area contributed by atoms with Gasteiger partial charge in [-0.25, -0.2) is 8.78 Å². The SMILES string of the molecule is O=C(C1CC1)N1C[C@@H]2CCN(Cc3ccc(F)cc3F)C[C@]2(CO)C1. The van der Waals surface area contributed by atoms with Gasteiger partial charge in [0.25, 0.3) is 0 Å². The minimum absolute atomic E-state index is 0.0362. The molecule has 4 nitrogen and oxygen atoms in total. The Hall–Kier alpha value is -1.53. The first-order valence-electron chi connectivity index (χ1n) is 9.07. The lowest BCUT2D eigenvalue weighted by Crippen LogP contribution is -2.50. The topological polar surface area (TPSA) is 43.8 Å². The van der Waals surface area contributed by atoms with Gasteiger partial charge in [-0.15, -0.1) is 0 Å². The number of hydrogen-bond donors (Lipinski definition) is 1. The predicted octanol–water partition coefficient (Wildman–Crippen LogP) is 2.02. The fourth-order valence-electron chi connectivity index (χ4n) is 4.48. The summed E-state index contributed by atoms with van der Waals surface area (Å²) in [6.45, 7) is 3.19. The number of carbonyl (C=O) groups is 1. The largest absolute Gasteiger partial charge is 0.396 e. The molecule has 3 aliphatic rings. The monoisotopic (exact) mass is 350 g/mol. The second-order valence-electron chi connectivity index (χ2n) is 7.95. The minimum Gasteiger partial charge on any atom is -0.396 e. The van der Waals surface area contributed by atoms with Crippen molar-refractivity contribution in [1.82, 2.24) is 9.80 Å². The van der Waals surface area contributed by atoms with Gasteiger partial charge in [0.2, 0.25) is 5.91 Å². The maximum absolute atomic E-state index is 13.9. The van der Waals surface area contributed by atoms with E-state index in [-0.39, 0.29) is 23.8 Å². The molecule has 1 amide bonds. The number of aliphatic hydroxyl groups is 1. The van der Waals surface area contributed by atoms with E-state index in [1.165, 1.54) is 12.1 Å². The Morgan fingerprint density at radius 2 is 2.04 bits per heavy atom. The first-order valence-corrected chi connectivity index (χ1v) is 9.07. The number of fused-ring (bicyclic) bond motifs is 1. The van der Waals surface area contributed by atoms with Crippen LogP contribution in [0, 0.1) is 28.9 Å². The summed E-state index contributed by atoms with van der Waals surface area (Å²) in [5.41, 5.74) is 0.149. The van der Waals surface area contributed by atoms with E-state index < -0.39 is 11.6 Å². The molecule has 0 aromatic heterocycles. The lowest BCUT2D eigenvalue weighted by atomic mass is 9.74. The van der Waals surface area contributed by atoms with Crippen LogP contribution in [0.25, 0.3) is 0 Å². The fraction of sp³-hybridized carbons (Fsp3) is 0.632. The summed E-state index contributed by atoms with van der Waals surface area (Å²) in [4.78, 5) is 16.5. The number of aliphatic hydroxyl groups excluding tert-OH is 1. The van der Waals surface area contributed by atoms with Crippen molar-refractivity contribution >= 4 is 5.91 Å². The van der Waals surface area contributed by atoms with Crippen LogP contribution in [0.1, 0.15) is 24.8 Å². The average molecular weight is 350 g/mol. The summed E-state index contributed by atoms with van der Waals surface area (Å²) in [7, 11) is 0. The number of amides is 1. The molecule has 1 aromatic carbocycles. The molecule has 0 spiro atoms. The molecule has 6 heteroatoms. The fourth-order valence-corrected chi connectivity index (χ4v) is 4.48. The molecule has 2 saturated heterocycles. The number of rotatable bonds is 4. The molecular formula is C19H24F2N2O2. The van der Waals surface area contributed by atoms with Gasteiger partial charge in [0.15, 0.2) is 0 Å². The van der Waals surface area contributed by atoms with Crippen LogP contribution in [0.4, 0.5) is 8.78 Å². The Morgan fingerprint density at radius 1 is 1.24 bits per heavy atom. The lowest BCUT2D eigenvalue weighted by molar-refractivity contribution is -0.132. The van der Waals surface area contributed by atoms with E-state index in [4.69, 9.17) is 0 Å². The minimum atomic E-state index is -0.572. The van der Waals surface area contributed by atoms with E-state index in [0.29, 0.717) is 31.1 Å². The number of nitrogens with zero attached hydrogens (tertiary/aromatic N) is 2. The lowest BCUT2D eigenvalue weighted by Gasteiger charge is -2.43. The Kier molecular flexibility index (Phi) is 4.28. The third-order valence-corrected chi connectivity index (χ3v) is 6.11. The molecule has 2 heterocycles. The summed E-state index contributed by atoms with van der Waals surface area (Å²) in [6.07, 6.45) is 2.86. The van der Waals surface area contributed by atoms with Crippen LogP contribution in [-0.2, 0) is 11.3 Å². The maximum atomic E-state index is 13.9. The van der Waals surface area contributed by atoms with Gasteiger partial charge in [0, 0.05) is 49.1 Å². The molecule has 3 fully saturated rings. The van der Waals surface area contributed by atoms with E-state index in [1.807, 2.05) is 4.90 Å². The van der Waals surface area contributed by atoms with Gasteiger partial charge < -0.3 is 10.0 Å².